The number of hydrogen-bond donors (Lipinski definition) is 1. The maximum absolute atomic E-state index is 13.1. The predicted molar refractivity (Wildman–Crippen MR) is 101 cm³/mol. The average Bonchev–Trinajstić information content (AvgIpc) is 3.14. The molecule has 0 bridgehead atoms. The quantitative estimate of drug-likeness (QED) is 0.652. The number of halogens is 1. The van der Waals surface area contributed by atoms with Crippen LogP contribution in [0.3, 0.4) is 0 Å². The molecule has 0 saturated heterocycles. The number of nitrogens with one attached hydrogen (secondary N) is 1. The van der Waals surface area contributed by atoms with E-state index >= 15 is 0 Å². The largest absolute Gasteiger partial charge is 0.352 e. The number of aryl methyl sites for hydroxylation is 2. The molecule has 3 aromatic rings. The number of carbonyl (C=O) groups excluding carboxylic acids is 1. The smallest absolute Gasteiger partial charge is 0.255 e. The zero-order valence-corrected chi connectivity index (χ0v) is 15.1. The fraction of sp³-hybridized carbons (Fsp3) is 0.250. The zero-order chi connectivity index (χ0) is 19.2. The molecule has 6 nitrogen and oxygen atoms in total. The lowest BCUT2D eigenvalue weighted by molar-refractivity contribution is 0.0952. The van der Waals surface area contributed by atoms with Gasteiger partial charge in [0.05, 0.1) is 5.56 Å². The van der Waals surface area contributed by atoms with Gasteiger partial charge in [-0.1, -0.05) is 6.92 Å². The first-order chi connectivity index (χ1) is 13.1. The number of rotatable bonds is 7. The Balaban J connectivity index is 1.62. The van der Waals surface area contributed by atoms with Crippen molar-refractivity contribution < 1.29 is 9.18 Å². The molecule has 0 unspecified atom stereocenters. The van der Waals surface area contributed by atoms with Crippen molar-refractivity contribution >= 4 is 5.91 Å². The van der Waals surface area contributed by atoms with Crippen LogP contribution in [0.4, 0.5) is 4.39 Å². The van der Waals surface area contributed by atoms with Crippen molar-refractivity contribution in [1.82, 2.24) is 19.4 Å². The normalized spacial score (nSPS) is 10.7. The van der Waals surface area contributed by atoms with Crippen molar-refractivity contribution in [2.75, 3.05) is 6.54 Å². The molecule has 0 radical (unpaired) electrons. The lowest BCUT2D eigenvalue weighted by Gasteiger charge is -2.10. The molecule has 0 fully saturated rings. The Morgan fingerprint density at radius 2 is 1.96 bits per heavy atom. The van der Waals surface area contributed by atoms with E-state index in [4.69, 9.17) is 0 Å². The van der Waals surface area contributed by atoms with Crippen LogP contribution in [0.15, 0.2) is 59.8 Å². The summed E-state index contributed by atoms with van der Waals surface area (Å²) < 4.78 is 16.5. The highest BCUT2D eigenvalue weighted by molar-refractivity contribution is 5.93. The van der Waals surface area contributed by atoms with Crippen molar-refractivity contribution in [2.24, 2.45) is 0 Å². The maximum Gasteiger partial charge on any atom is 0.255 e. The van der Waals surface area contributed by atoms with Gasteiger partial charge in [0.15, 0.2) is 0 Å². The fourth-order valence-corrected chi connectivity index (χ4v) is 2.84. The van der Waals surface area contributed by atoms with Gasteiger partial charge < -0.3 is 9.88 Å². The predicted octanol–water partition coefficient (Wildman–Crippen LogP) is 2.56. The Hall–Kier alpha value is -3.22. The van der Waals surface area contributed by atoms with Crippen LogP contribution in [0.25, 0.3) is 5.69 Å². The first kappa shape index (κ1) is 18.6. The molecule has 3 rings (SSSR count). The minimum absolute atomic E-state index is 0.257. The van der Waals surface area contributed by atoms with Gasteiger partial charge in [0.2, 0.25) is 0 Å². The van der Waals surface area contributed by atoms with E-state index in [-0.39, 0.29) is 17.3 Å². The minimum Gasteiger partial charge on any atom is -0.352 e. The van der Waals surface area contributed by atoms with Crippen LogP contribution in [0.5, 0.6) is 0 Å². The third kappa shape index (κ3) is 4.49. The van der Waals surface area contributed by atoms with Crippen LogP contribution in [0, 0.1) is 5.82 Å². The molecular weight excluding hydrogens is 347 g/mol. The second kappa shape index (κ2) is 8.44. The molecule has 0 atom stereocenters. The van der Waals surface area contributed by atoms with Crippen LogP contribution in [-0.2, 0) is 13.0 Å². The lowest BCUT2D eigenvalue weighted by atomic mass is 10.2. The van der Waals surface area contributed by atoms with Crippen LogP contribution < -0.4 is 10.9 Å². The summed E-state index contributed by atoms with van der Waals surface area (Å²) in [6.45, 7) is 3.34. The van der Waals surface area contributed by atoms with Gasteiger partial charge in [-0.2, -0.15) is 0 Å². The topological polar surface area (TPSA) is 68.9 Å². The van der Waals surface area contributed by atoms with Gasteiger partial charge in [0.25, 0.3) is 11.5 Å². The van der Waals surface area contributed by atoms with E-state index in [0.29, 0.717) is 17.8 Å². The summed E-state index contributed by atoms with van der Waals surface area (Å²) in [5.74, 6) is 0.379. The molecule has 2 heterocycles. The van der Waals surface area contributed by atoms with E-state index < -0.39 is 0 Å². The monoisotopic (exact) mass is 368 g/mol. The maximum atomic E-state index is 13.1. The number of nitrogens with zero attached hydrogens (tertiary/aromatic N) is 3. The first-order valence-electron chi connectivity index (χ1n) is 8.85. The minimum atomic E-state index is -0.384. The third-order valence-corrected chi connectivity index (χ3v) is 4.26. The number of amides is 1. The summed E-state index contributed by atoms with van der Waals surface area (Å²) in [5, 5.41) is 2.86. The lowest BCUT2D eigenvalue weighted by Crippen LogP contribution is -2.27. The number of imidazole rings is 1. The first-order valence-corrected chi connectivity index (χ1v) is 8.85. The summed E-state index contributed by atoms with van der Waals surface area (Å²) in [5.41, 5.74) is 0.587. The molecule has 0 saturated carbocycles. The molecule has 1 aromatic carbocycles. The highest BCUT2D eigenvalue weighted by Crippen LogP contribution is 2.08. The fourth-order valence-electron chi connectivity index (χ4n) is 2.84. The molecule has 0 aliphatic heterocycles. The SMILES string of the molecule is CCc1nccn1CCCNC(=O)c1ccc(=O)n(-c2ccc(F)cc2)c1. The molecule has 0 aliphatic carbocycles. The van der Waals surface area contributed by atoms with Crippen LogP contribution in [0.1, 0.15) is 29.5 Å². The van der Waals surface area contributed by atoms with Gasteiger partial charge >= 0.3 is 0 Å². The standard InChI is InChI=1S/C20H21FN4O2/c1-2-18-22-11-13-24(18)12-3-10-23-20(27)15-4-9-19(26)25(14-15)17-7-5-16(21)6-8-17/h4-9,11,13-14H,2-3,10,12H2,1H3,(H,23,27). The molecule has 140 valence electrons. The van der Waals surface area contributed by atoms with E-state index in [1.165, 1.54) is 47.2 Å². The Morgan fingerprint density at radius 3 is 2.70 bits per heavy atom. The van der Waals surface area contributed by atoms with Gasteiger partial charge in [-0.3, -0.25) is 14.2 Å². The van der Waals surface area contributed by atoms with Gasteiger partial charge in [-0.15, -0.1) is 0 Å². The van der Waals surface area contributed by atoms with E-state index in [0.717, 1.165) is 25.2 Å². The second-order valence-corrected chi connectivity index (χ2v) is 6.10. The second-order valence-electron chi connectivity index (χ2n) is 6.10. The van der Waals surface area contributed by atoms with Crippen LogP contribution in [-0.4, -0.2) is 26.6 Å². The highest BCUT2D eigenvalue weighted by atomic mass is 19.1. The Bertz CT molecular complexity index is 976. The highest BCUT2D eigenvalue weighted by Gasteiger charge is 2.09. The molecule has 27 heavy (non-hydrogen) atoms. The van der Waals surface area contributed by atoms with Crippen molar-refractivity contribution in [2.45, 2.75) is 26.3 Å². The number of carbonyl (C=O) groups is 1. The number of aromatic nitrogens is 3. The van der Waals surface area contributed by atoms with Crippen molar-refractivity contribution in [3.8, 4) is 5.69 Å². The van der Waals surface area contributed by atoms with E-state index in [1.807, 2.05) is 6.20 Å². The van der Waals surface area contributed by atoms with Gasteiger partial charge in [0.1, 0.15) is 11.6 Å². The summed E-state index contributed by atoms with van der Waals surface area (Å²) in [7, 11) is 0. The molecular formula is C20H21FN4O2. The average molecular weight is 368 g/mol. The summed E-state index contributed by atoms with van der Waals surface area (Å²) in [4.78, 5) is 28.7. The number of hydrogen-bond acceptors (Lipinski definition) is 3. The molecule has 0 spiro atoms. The summed E-state index contributed by atoms with van der Waals surface area (Å²) in [6.07, 6.45) is 6.81. The molecule has 7 heteroatoms. The number of pyridine rings is 1. The van der Waals surface area contributed by atoms with Crippen LogP contribution >= 0.6 is 0 Å². The van der Waals surface area contributed by atoms with Crippen molar-refractivity contribution in [1.29, 1.82) is 0 Å². The summed E-state index contributed by atoms with van der Waals surface area (Å²) in [6, 6.07) is 8.36. The molecule has 2 aromatic heterocycles. The molecule has 1 amide bonds. The van der Waals surface area contributed by atoms with E-state index in [2.05, 4.69) is 21.8 Å². The van der Waals surface area contributed by atoms with E-state index in [1.54, 1.807) is 6.20 Å². The molecule has 1 N–H and O–H groups in total. The molecule has 0 aliphatic rings. The van der Waals surface area contributed by atoms with Gasteiger partial charge in [0, 0.05) is 49.9 Å². The van der Waals surface area contributed by atoms with Gasteiger partial charge in [-0.25, -0.2) is 9.37 Å². The Morgan fingerprint density at radius 1 is 1.19 bits per heavy atom. The zero-order valence-electron chi connectivity index (χ0n) is 15.1. The Kier molecular flexibility index (Phi) is 5.80. The third-order valence-electron chi connectivity index (χ3n) is 4.26. The van der Waals surface area contributed by atoms with Crippen LogP contribution in [0.2, 0.25) is 0 Å². The van der Waals surface area contributed by atoms with Crippen molar-refractivity contribution in [3.63, 3.8) is 0 Å². The van der Waals surface area contributed by atoms with E-state index in [9.17, 15) is 14.0 Å². The summed E-state index contributed by atoms with van der Waals surface area (Å²) >= 11 is 0. The number of benzene rings is 1. The van der Waals surface area contributed by atoms with Crippen molar-refractivity contribution in [3.05, 3.63) is 82.5 Å². The van der Waals surface area contributed by atoms with Gasteiger partial charge in [-0.05, 0) is 36.8 Å². The Labute approximate surface area is 156 Å².